The predicted octanol–water partition coefficient (Wildman–Crippen LogP) is 2.47. The fourth-order valence-electron chi connectivity index (χ4n) is 2.52. The molecule has 1 saturated heterocycles. The van der Waals surface area contributed by atoms with Crippen molar-refractivity contribution in [2.24, 2.45) is 0 Å². The van der Waals surface area contributed by atoms with E-state index in [1.807, 2.05) is 18.2 Å². The van der Waals surface area contributed by atoms with E-state index in [1.54, 1.807) is 13.3 Å². The molecule has 3 rings (SSSR count). The van der Waals surface area contributed by atoms with E-state index in [0.717, 1.165) is 37.6 Å². The van der Waals surface area contributed by atoms with Gasteiger partial charge in [-0.05, 0) is 24.3 Å². The lowest BCUT2D eigenvalue weighted by Crippen LogP contribution is -2.46. The number of rotatable bonds is 3. The van der Waals surface area contributed by atoms with Crippen molar-refractivity contribution < 1.29 is 4.74 Å². The van der Waals surface area contributed by atoms with Gasteiger partial charge in [0.25, 0.3) is 0 Å². The van der Waals surface area contributed by atoms with E-state index in [0.29, 0.717) is 5.15 Å². The number of methoxy groups -OCH3 is 1. The fourth-order valence-corrected chi connectivity index (χ4v) is 2.68. The lowest BCUT2D eigenvalue weighted by Gasteiger charge is -2.37. The van der Waals surface area contributed by atoms with Gasteiger partial charge in [-0.3, -0.25) is 0 Å². The standard InChI is InChI=1S/C15H17ClN4O/c1-21-14-4-2-12(3-5-14)19-6-8-20(9-7-19)13-10-15(16)18-17-11-13/h2-5,10-11H,6-9H2,1H3. The molecule has 21 heavy (non-hydrogen) atoms. The molecule has 0 saturated carbocycles. The van der Waals surface area contributed by atoms with Gasteiger partial charge in [-0.25, -0.2) is 0 Å². The number of piperazine rings is 1. The van der Waals surface area contributed by atoms with E-state index >= 15 is 0 Å². The molecule has 0 bridgehead atoms. The van der Waals surface area contributed by atoms with Crippen molar-refractivity contribution in [2.75, 3.05) is 43.1 Å². The molecule has 6 heteroatoms. The fraction of sp³-hybridized carbons (Fsp3) is 0.333. The highest BCUT2D eigenvalue weighted by atomic mass is 35.5. The molecule has 0 amide bonds. The molecule has 0 spiro atoms. The van der Waals surface area contributed by atoms with Crippen LogP contribution in [0.3, 0.4) is 0 Å². The monoisotopic (exact) mass is 304 g/mol. The number of aromatic nitrogens is 2. The van der Waals surface area contributed by atoms with E-state index in [2.05, 4.69) is 32.1 Å². The molecule has 0 unspecified atom stereocenters. The Hall–Kier alpha value is -2.01. The molecule has 0 atom stereocenters. The summed E-state index contributed by atoms with van der Waals surface area (Å²) in [6, 6.07) is 10.0. The smallest absolute Gasteiger partial charge is 0.153 e. The Labute approximate surface area is 129 Å². The number of hydrogen-bond acceptors (Lipinski definition) is 5. The minimum Gasteiger partial charge on any atom is -0.497 e. The second-order valence-corrected chi connectivity index (χ2v) is 5.30. The Balaban J connectivity index is 1.64. The SMILES string of the molecule is COc1ccc(N2CCN(c3cnnc(Cl)c3)CC2)cc1. The minimum atomic E-state index is 0.435. The van der Waals surface area contributed by atoms with Crippen LogP contribution in [0.2, 0.25) is 5.15 Å². The van der Waals surface area contributed by atoms with Gasteiger partial charge in [0.15, 0.2) is 5.15 Å². The van der Waals surface area contributed by atoms with Crippen LogP contribution in [-0.2, 0) is 0 Å². The first-order valence-corrected chi connectivity index (χ1v) is 7.26. The first-order chi connectivity index (χ1) is 10.3. The summed E-state index contributed by atoms with van der Waals surface area (Å²) in [5.74, 6) is 0.884. The predicted molar refractivity (Wildman–Crippen MR) is 84.5 cm³/mol. The van der Waals surface area contributed by atoms with Gasteiger partial charge in [-0.1, -0.05) is 11.6 Å². The molecule has 1 aliphatic rings. The highest BCUT2D eigenvalue weighted by Gasteiger charge is 2.18. The average molecular weight is 305 g/mol. The quantitative estimate of drug-likeness (QED) is 0.871. The van der Waals surface area contributed by atoms with Crippen LogP contribution in [-0.4, -0.2) is 43.5 Å². The van der Waals surface area contributed by atoms with E-state index in [-0.39, 0.29) is 0 Å². The van der Waals surface area contributed by atoms with Gasteiger partial charge in [0, 0.05) is 37.9 Å². The number of halogens is 1. The zero-order chi connectivity index (χ0) is 14.7. The Morgan fingerprint density at radius 2 is 1.62 bits per heavy atom. The molecular formula is C15H17ClN4O. The number of anilines is 2. The van der Waals surface area contributed by atoms with Crippen molar-refractivity contribution in [3.8, 4) is 5.75 Å². The van der Waals surface area contributed by atoms with Crippen molar-refractivity contribution in [3.05, 3.63) is 41.7 Å². The minimum absolute atomic E-state index is 0.435. The van der Waals surface area contributed by atoms with Crippen molar-refractivity contribution in [1.29, 1.82) is 0 Å². The molecule has 1 aromatic heterocycles. The summed E-state index contributed by atoms with van der Waals surface area (Å²) in [5, 5.41) is 8.12. The topological polar surface area (TPSA) is 41.5 Å². The van der Waals surface area contributed by atoms with Crippen LogP contribution in [0.4, 0.5) is 11.4 Å². The average Bonchev–Trinajstić information content (AvgIpc) is 2.55. The van der Waals surface area contributed by atoms with Crippen LogP contribution in [0.15, 0.2) is 36.5 Å². The molecule has 0 aliphatic carbocycles. The summed E-state index contributed by atoms with van der Waals surface area (Å²) < 4.78 is 5.19. The number of benzene rings is 1. The summed E-state index contributed by atoms with van der Waals surface area (Å²) >= 11 is 5.89. The number of nitrogens with zero attached hydrogens (tertiary/aromatic N) is 4. The van der Waals surface area contributed by atoms with Gasteiger partial charge >= 0.3 is 0 Å². The van der Waals surface area contributed by atoms with Gasteiger partial charge < -0.3 is 14.5 Å². The summed E-state index contributed by atoms with van der Waals surface area (Å²) in [5.41, 5.74) is 2.26. The molecular weight excluding hydrogens is 288 g/mol. The Bertz CT molecular complexity index is 597. The number of ether oxygens (including phenoxy) is 1. The lowest BCUT2D eigenvalue weighted by atomic mass is 10.2. The van der Waals surface area contributed by atoms with Crippen LogP contribution >= 0.6 is 11.6 Å². The Kier molecular flexibility index (Phi) is 4.10. The van der Waals surface area contributed by atoms with Crippen molar-refractivity contribution in [2.45, 2.75) is 0 Å². The normalized spacial score (nSPS) is 15.1. The summed E-state index contributed by atoms with van der Waals surface area (Å²) in [6.45, 7) is 3.81. The molecule has 2 heterocycles. The zero-order valence-electron chi connectivity index (χ0n) is 11.9. The first-order valence-electron chi connectivity index (χ1n) is 6.88. The molecule has 5 nitrogen and oxygen atoms in total. The molecule has 1 fully saturated rings. The molecule has 2 aromatic rings. The highest BCUT2D eigenvalue weighted by Crippen LogP contribution is 2.23. The maximum Gasteiger partial charge on any atom is 0.153 e. The van der Waals surface area contributed by atoms with Crippen molar-refractivity contribution in [1.82, 2.24) is 10.2 Å². The van der Waals surface area contributed by atoms with E-state index in [4.69, 9.17) is 16.3 Å². The van der Waals surface area contributed by atoms with Crippen molar-refractivity contribution >= 4 is 23.0 Å². The third kappa shape index (κ3) is 3.19. The Morgan fingerprint density at radius 3 is 2.19 bits per heavy atom. The molecule has 110 valence electrons. The molecule has 1 aliphatic heterocycles. The van der Waals surface area contributed by atoms with Gasteiger partial charge in [-0.15, -0.1) is 5.10 Å². The first kappa shape index (κ1) is 13.9. The van der Waals surface area contributed by atoms with Crippen LogP contribution in [0.25, 0.3) is 0 Å². The van der Waals surface area contributed by atoms with E-state index < -0.39 is 0 Å². The van der Waals surface area contributed by atoms with Crippen LogP contribution in [0.5, 0.6) is 5.75 Å². The summed E-state index contributed by atoms with van der Waals surface area (Å²) in [4.78, 5) is 4.65. The summed E-state index contributed by atoms with van der Waals surface area (Å²) in [6.07, 6.45) is 1.76. The third-order valence-corrected chi connectivity index (χ3v) is 3.88. The van der Waals surface area contributed by atoms with Gasteiger partial charge in [0.2, 0.25) is 0 Å². The van der Waals surface area contributed by atoms with E-state index in [1.165, 1.54) is 5.69 Å². The summed E-state index contributed by atoms with van der Waals surface area (Å²) in [7, 11) is 1.68. The molecule has 0 radical (unpaired) electrons. The Morgan fingerprint density at radius 1 is 1.00 bits per heavy atom. The molecule has 0 N–H and O–H groups in total. The second kappa shape index (κ2) is 6.18. The van der Waals surface area contributed by atoms with Gasteiger partial charge in [0.1, 0.15) is 5.75 Å². The third-order valence-electron chi connectivity index (χ3n) is 3.69. The van der Waals surface area contributed by atoms with Gasteiger partial charge in [-0.2, -0.15) is 5.10 Å². The molecule has 1 aromatic carbocycles. The number of hydrogen-bond donors (Lipinski definition) is 0. The highest BCUT2D eigenvalue weighted by molar-refractivity contribution is 6.29. The largest absolute Gasteiger partial charge is 0.497 e. The lowest BCUT2D eigenvalue weighted by molar-refractivity contribution is 0.415. The van der Waals surface area contributed by atoms with Crippen LogP contribution in [0, 0.1) is 0 Å². The van der Waals surface area contributed by atoms with E-state index in [9.17, 15) is 0 Å². The maximum atomic E-state index is 5.89. The van der Waals surface area contributed by atoms with Crippen LogP contribution in [0.1, 0.15) is 0 Å². The maximum absolute atomic E-state index is 5.89. The van der Waals surface area contributed by atoms with Crippen LogP contribution < -0.4 is 14.5 Å². The van der Waals surface area contributed by atoms with Crippen molar-refractivity contribution in [3.63, 3.8) is 0 Å². The zero-order valence-corrected chi connectivity index (χ0v) is 12.6. The second-order valence-electron chi connectivity index (χ2n) is 4.91. The van der Waals surface area contributed by atoms with Gasteiger partial charge in [0.05, 0.1) is 19.0 Å².